The van der Waals surface area contributed by atoms with Gasteiger partial charge in [-0.1, -0.05) is 24.3 Å². The highest BCUT2D eigenvalue weighted by molar-refractivity contribution is 8.01. The van der Waals surface area contributed by atoms with Gasteiger partial charge in [0.25, 0.3) is 0 Å². The summed E-state index contributed by atoms with van der Waals surface area (Å²) in [5.74, 6) is 1.20. The van der Waals surface area contributed by atoms with Crippen molar-refractivity contribution in [2.75, 3.05) is 38.5 Å². The third-order valence-electron chi connectivity index (χ3n) is 4.85. The minimum Gasteiger partial charge on any atom is -0.343 e. The lowest BCUT2D eigenvalue weighted by atomic mass is 9.90. The zero-order valence-corrected chi connectivity index (χ0v) is 14.7. The van der Waals surface area contributed by atoms with E-state index >= 15 is 0 Å². The van der Waals surface area contributed by atoms with Crippen LogP contribution in [0.1, 0.15) is 29.9 Å². The Balaban J connectivity index is 1.63. The largest absolute Gasteiger partial charge is 0.343 e. The molecular formula is C18H27N3OS. The number of piperazine rings is 1. The molecular weight excluding hydrogens is 306 g/mol. The molecule has 0 bridgehead atoms. The maximum atomic E-state index is 11.6. The van der Waals surface area contributed by atoms with Crippen LogP contribution in [0.25, 0.3) is 0 Å². The van der Waals surface area contributed by atoms with Gasteiger partial charge in [-0.25, -0.2) is 0 Å². The van der Waals surface area contributed by atoms with Gasteiger partial charge in [-0.15, -0.1) is 11.8 Å². The normalized spacial score (nSPS) is 23.7. The van der Waals surface area contributed by atoms with Crippen molar-refractivity contribution in [2.45, 2.75) is 31.1 Å². The van der Waals surface area contributed by atoms with Crippen LogP contribution in [-0.4, -0.2) is 54.7 Å². The van der Waals surface area contributed by atoms with E-state index in [4.69, 9.17) is 0 Å². The highest BCUT2D eigenvalue weighted by Gasteiger charge is 2.31. The van der Waals surface area contributed by atoms with E-state index in [0.717, 1.165) is 39.1 Å². The summed E-state index contributed by atoms with van der Waals surface area (Å²) in [6.07, 6.45) is 2.32. The zero-order valence-electron chi connectivity index (χ0n) is 13.9. The van der Waals surface area contributed by atoms with Gasteiger partial charge in [-0.2, -0.15) is 0 Å². The van der Waals surface area contributed by atoms with Crippen LogP contribution in [0.2, 0.25) is 0 Å². The molecule has 23 heavy (non-hydrogen) atoms. The Morgan fingerprint density at radius 3 is 2.78 bits per heavy atom. The lowest BCUT2D eigenvalue weighted by Crippen LogP contribution is -2.43. The van der Waals surface area contributed by atoms with Gasteiger partial charge < -0.3 is 15.5 Å². The molecule has 2 N–H and O–H groups in total. The molecule has 5 heteroatoms. The monoisotopic (exact) mass is 333 g/mol. The van der Waals surface area contributed by atoms with Crippen LogP contribution >= 0.6 is 11.8 Å². The van der Waals surface area contributed by atoms with Crippen molar-refractivity contribution < 1.29 is 4.79 Å². The van der Waals surface area contributed by atoms with Gasteiger partial charge in [0.2, 0.25) is 5.91 Å². The molecule has 0 saturated carbocycles. The summed E-state index contributed by atoms with van der Waals surface area (Å²) in [6.45, 7) is 7.87. The molecule has 2 heterocycles. The fraction of sp³-hybridized carbons (Fsp3) is 0.611. The molecule has 1 aromatic carbocycles. The minimum absolute atomic E-state index is 0.181. The van der Waals surface area contributed by atoms with Crippen LogP contribution in [0.15, 0.2) is 24.3 Å². The fourth-order valence-corrected chi connectivity index (χ4v) is 4.71. The first-order valence-corrected chi connectivity index (χ1v) is 9.68. The Morgan fingerprint density at radius 1 is 1.30 bits per heavy atom. The number of benzene rings is 1. The molecule has 1 amide bonds. The van der Waals surface area contributed by atoms with Crippen LogP contribution in [-0.2, 0) is 4.79 Å². The van der Waals surface area contributed by atoms with Gasteiger partial charge >= 0.3 is 0 Å². The zero-order chi connectivity index (χ0) is 16.1. The van der Waals surface area contributed by atoms with Gasteiger partial charge in [0, 0.05) is 32.1 Å². The van der Waals surface area contributed by atoms with Crippen molar-refractivity contribution >= 4 is 17.7 Å². The topological polar surface area (TPSA) is 44.4 Å². The van der Waals surface area contributed by atoms with E-state index in [1.807, 2.05) is 0 Å². The summed E-state index contributed by atoms with van der Waals surface area (Å²) in [6, 6.07) is 8.63. The summed E-state index contributed by atoms with van der Waals surface area (Å²) in [5, 5.41) is 6.80. The van der Waals surface area contributed by atoms with E-state index in [1.54, 1.807) is 11.8 Å². The van der Waals surface area contributed by atoms with Crippen molar-refractivity contribution in [3.63, 3.8) is 0 Å². The molecule has 0 radical (unpaired) electrons. The Hall–Kier alpha value is -1.04. The van der Waals surface area contributed by atoms with E-state index in [9.17, 15) is 4.79 Å². The summed E-state index contributed by atoms with van der Waals surface area (Å²) in [4.78, 5) is 14.2. The number of amides is 1. The van der Waals surface area contributed by atoms with Gasteiger partial charge in [0.05, 0.1) is 11.1 Å². The Kier molecular flexibility index (Phi) is 5.97. The second-order valence-corrected chi connectivity index (χ2v) is 7.63. The van der Waals surface area contributed by atoms with E-state index in [2.05, 4.69) is 46.7 Å². The van der Waals surface area contributed by atoms with Crippen LogP contribution in [0.4, 0.5) is 0 Å². The SMILES string of the molecule is Cc1ccccc1C(CCCN1CCNCC1)C1NC(=O)CS1. The second kappa shape index (κ2) is 8.18. The number of hydrogen-bond acceptors (Lipinski definition) is 4. The molecule has 2 unspecified atom stereocenters. The highest BCUT2D eigenvalue weighted by Crippen LogP contribution is 2.35. The molecule has 1 aromatic rings. The lowest BCUT2D eigenvalue weighted by Gasteiger charge is -2.29. The van der Waals surface area contributed by atoms with E-state index < -0.39 is 0 Å². The molecule has 2 saturated heterocycles. The number of thioether (sulfide) groups is 1. The molecule has 4 nitrogen and oxygen atoms in total. The van der Waals surface area contributed by atoms with Gasteiger partial charge in [0.1, 0.15) is 0 Å². The molecule has 2 aliphatic rings. The molecule has 2 fully saturated rings. The highest BCUT2D eigenvalue weighted by atomic mass is 32.2. The first-order chi connectivity index (χ1) is 11.2. The average Bonchev–Trinajstić information content (AvgIpc) is 3.00. The average molecular weight is 334 g/mol. The number of hydrogen-bond donors (Lipinski definition) is 2. The van der Waals surface area contributed by atoms with Crippen LogP contribution in [0.3, 0.4) is 0 Å². The third-order valence-corrected chi connectivity index (χ3v) is 6.08. The third kappa shape index (κ3) is 4.49. The minimum atomic E-state index is 0.181. The summed E-state index contributed by atoms with van der Waals surface area (Å²) in [7, 11) is 0. The Morgan fingerprint density at radius 2 is 2.09 bits per heavy atom. The Bertz CT molecular complexity index is 531. The molecule has 0 aromatic heterocycles. The number of rotatable bonds is 6. The number of nitrogens with zero attached hydrogens (tertiary/aromatic N) is 1. The first kappa shape index (κ1) is 16.8. The number of aryl methyl sites for hydroxylation is 1. The number of nitrogens with one attached hydrogen (secondary N) is 2. The van der Waals surface area contributed by atoms with Crippen LogP contribution in [0.5, 0.6) is 0 Å². The molecule has 2 atom stereocenters. The van der Waals surface area contributed by atoms with E-state index in [1.165, 1.54) is 17.5 Å². The van der Waals surface area contributed by atoms with E-state index in [-0.39, 0.29) is 11.3 Å². The lowest BCUT2D eigenvalue weighted by molar-refractivity contribution is -0.118. The van der Waals surface area contributed by atoms with Gasteiger partial charge in [-0.05, 0) is 37.4 Å². The van der Waals surface area contributed by atoms with Crippen molar-refractivity contribution in [3.8, 4) is 0 Å². The molecule has 0 aliphatic carbocycles. The van der Waals surface area contributed by atoms with Crippen molar-refractivity contribution in [3.05, 3.63) is 35.4 Å². The Labute approximate surface area is 143 Å². The maximum Gasteiger partial charge on any atom is 0.230 e. The summed E-state index contributed by atoms with van der Waals surface area (Å²) in [5.41, 5.74) is 2.73. The summed E-state index contributed by atoms with van der Waals surface area (Å²) >= 11 is 1.76. The van der Waals surface area contributed by atoms with Crippen molar-refractivity contribution in [1.29, 1.82) is 0 Å². The predicted molar refractivity (Wildman–Crippen MR) is 96.9 cm³/mol. The predicted octanol–water partition coefficient (Wildman–Crippen LogP) is 1.95. The quantitative estimate of drug-likeness (QED) is 0.835. The van der Waals surface area contributed by atoms with Crippen molar-refractivity contribution in [2.24, 2.45) is 0 Å². The molecule has 2 aliphatic heterocycles. The maximum absolute atomic E-state index is 11.6. The smallest absolute Gasteiger partial charge is 0.230 e. The molecule has 0 spiro atoms. The summed E-state index contributed by atoms with van der Waals surface area (Å²) < 4.78 is 0. The van der Waals surface area contributed by atoms with Gasteiger partial charge in [0.15, 0.2) is 0 Å². The first-order valence-electron chi connectivity index (χ1n) is 8.63. The van der Waals surface area contributed by atoms with E-state index in [0.29, 0.717) is 11.7 Å². The number of carbonyl (C=O) groups excluding carboxylic acids is 1. The second-order valence-electron chi connectivity index (χ2n) is 6.50. The van der Waals surface area contributed by atoms with Crippen LogP contribution in [0, 0.1) is 6.92 Å². The fourth-order valence-electron chi connectivity index (χ4n) is 3.57. The van der Waals surface area contributed by atoms with Gasteiger partial charge in [-0.3, -0.25) is 4.79 Å². The molecule has 126 valence electrons. The van der Waals surface area contributed by atoms with Crippen molar-refractivity contribution in [1.82, 2.24) is 15.5 Å². The molecule has 3 rings (SSSR count). The number of carbonyl (C=O) groups is 1. The van der Waals surface area contributed by atoms with Crippen LogP contribution < -0.4 is 10.6 Å². The standard InChI is InChI=1S/C18H27N3OS/c1-14-5-2-3-6-15(14)16(18-20-17(22)13-23-18)7-4-10-21-11-8-19-9-12-21/h2-3,5-6,16,18-19H,4,7-13H2,1H3,(H,20,22).